The number of carbonyl (C=O) groups excluding carboxylic acids is 1. The second kappa shape index (κ2) is 4.83. The molecule has 2 nitrogen and oxygen atoms in total. The van der Waals surface area contributed by atoms with E-state index in [4.69, 9.17) is 0 Å². The smallest absolute Gasteiger partial charge is 0.228 e. The standard InChI is InChI=1S/C15H15NO/c1-12-8-6-7-11-15(12)16(13(2)17)14-9-4-3-5-10-14/h3-11H,1-2H3. The maximum Gasteiger partial charge on any atom is 0.228 e. The first-order chi connectivity index (χ1) is 8.20. The lowest BCUT2D eigenvalue weighted by Crippen LogP contribution is -2.23. The zero-order valence-electron chi connectivity index (χ0n) is 10.1. The summed E-state index contributed by atoms with van der Waals surface area (Å²) in [6, 6.07) is 17.6. The molecule has 0 saturated carbocycles. The van der Waals surface area contributed by atoms with Gasteiger partial charge in [-0.25, -0.2) is 0 Å². The van der Waals surface area contributed by atoms with E-state index in [-0.39, 0.29) is 5.91 Å². The molecule has 17 heavy (non-hydrogen) atoms. The zero-order valence-corrected chi connectivity index (χ0v) is 10.1. The van der Waals surface area contributed by atoms with Gasteiger partial charge in [-0.1, -0.05) is 36.4 Å². The Bertz CT molecular complexity index is 519. The molecule has 0 saturated heterocycles. The minimum atomic E-state index is 0.0190. The van der Waals surface area contributed by atoms with Gasteiger partial charge in [0, 0.05) is 12.6 Å². The van der Waals surface area contributed by atoms with Crippen molar-refractivity contribution >= 4 is 17.3 Å². The van der Waals surface area contributed by atoms with Gasteiger partial charge in [0.25, 0.3) is 0 Å². The average molecular weight is 225 g/mol. The number of anilines is 2. The number of hydrogen-bond donors (Lipinski definition) is 0. The van der Waals surface area contributed by atoms with Gasteiger partial charge in [0.05, 0.1) is 5.69 Å². The van der Waals surface area contributed by atoms with E-state index in [0.29, 0.717) is 0 Å². The zero-order chi connectivity index (χ0) is 12.3. The highest BCUT2D eigenvalue weighted by Gasteiger charge is 2.14. The lowest BCUT2D eigenvalue weighted by Gasteiger charge is -2.23. The van der Waals surface area contributed by atoms with Crippen LogP contribution in [0.15, 0.2) is 54.6 Å². The van der Waals surface area contributed by atoms with E-state index in [1.807, 2.05) is 61.5 Å². The minimum absolute atomic E-state index is 0.0190. The summed E-state index contributed by atoms with van der Waals surface area (Å²) >= 11 is 0. The Morgan fingerprint density at radius 3 is 2.12 bits per heavy atom. The molecule has 2 heteroatoms. The van der Waals surface area contributed by atoms with Crippen LogP contribution in [0.2, 0.25) is 0 Å². The highest BCUT2D eigenvalue weighted by atomic mass is 16.2. The Balaban J connectivity index is 2.51. The first-order valence-electron chi connectivity index (χ1n) is 5.61. The van der Waals surface area contributed by atoms with Crippen molar-refractivity contribution in [3.05, 3.63) is 60.2 Å². The summed E-state index contributed by atoms with van der Waals surface area (Å²) in [6.07, 6.45) is 0. The predicted octanol–water partition coefficient (Wildman–Crippen LogP) is 3.68. The minimum Gasteiger partial charge on any atom is -0.281 e. The van der Waals surface area contributed by atoms with Crippen molar-refractivity contribution in [2.24, 2.45) is 0 Å². The monoisotopic (exact) mass is 225 g/mol. The number of benzene rings is 2. The third-order valence-corrected chi connectivity index (χ3v) is 2.69. The van der Waals surface area contributed by atoms with Crippen molar-refractivity contribution in [3.63, 3.8) is 0 Å². The number of aryl methyl sites for hydroxylation is 1. The Hall–Kier alpha value is -2.09. The fraction of sp³-hybridized carbons (Fsp3) is 0.133. The number of rotatable bonds is 2. The highest BCUT2D eigenvalue weighted by Crippen LogP contribution is 2.27. The maximum atomic E-state index is 11.8. The van der Waals surface area contributed by atoms with E-state index in [9.17, 15) is 4.79 Å². The molecular weight excluding hydrogens is 210 g/mol. The molecule has 0 aliphatic heterocycles. The average Bonchev–Trinajstić information content (AvgIpc) is 2.33. The summed E-state index contributed by atoms with van der Waals surface area (Å²) in [4.78, 5) is 13.6. The van der Waals surface area contributed by atoms with Gasteiger partial charge in [-0.05, 0) is 30.7 Å². The van der Waals surface area contributed by atoms with Gasteiger partial charge in [-0.2, -0.15) is 0 Å². The van der Waals surface area contributed by atoms with Crippen LogP contribution in [-0.4, -0.2) is 5.91 Å². The third kappa shape index (κ3) is 2.36. The van der Waals surface area contributed by atoms with E-state index in [0.717, 1.165) is 16.9 Å². The van der Waals surface area contributed by atoms with Gasteiger partial charge in [0.2, 0.25) is 5.91 Å². The van der Waals surface area contributed by atoms with Gasteiger partial charge in [0.15, 0.2) is 0 Å². The SMILES string of the molecule is CC(=O)N(c1ccccc1)c1ccccc1C. The molecule has 2 aromatic carbocycles. The van der Waals surface area contributed by atoms with Crippen LogP contribution in [0.1, 0.15) is 12.5 Å². The van der Waals surface area contributed by atoms with Crippen molar-refractivity contribution < 1.29 is 4.79 Å². The Morgan fingerprint density at radius 2 is 1.53 bits per heavy atom. The van der Waals surface area contributed by atoms with Gasteiger partial charge in [-0.3, -0.25) is 9.69 Å². The second-order valence-corrected chi connectivity index (χ2v) is 3.98. The number of hydrogen-bond acceptors (Lipinski definition) is 1. The Kier molecular flexibility index (Phi) is 3.24. The Morgan fingerprint density at radius 1 is 0.941 bits per heavy atom. The summed E-state index contributed by atoms with van der Waals surface area (Å²) in [6.45, 7) is 3.59. The van der Waals surface area contributed by atoms with E-state index in [1.165, 1.54) is 0 Å². The number of carbonyl (C=O) groups is 1. The summed E-state index contributed by atoms with van der Waals surface area (Å²) in [7, 11) is 0. The van der Waals surface area contributed by atoms with Crippen LogP contribution in [0.4, 0.5) is 11.4 Å². The van der Waals surface area contributed by atoms with Crippen LogP contribution in [0, 0.1) is 6.92 Å². The molecule has 0 N–H and O–H groups in total. The largest absolute Gasteiger partial charge is 0.281 e. The summed E-state index contributed by atoms with van der Waals surface area (Å²) < 4.78 is 0. The molecule has 0 radical (unpaired) electrons. The number of para-hydroxylation sites is 2. The molecule has 2 rings (SSSR count). The number of amides is 1. The molecule has 0 spiro atoms. The molecule has 0 aliphatic carbocycles. The molecule has 1 amide bonds. The van der Waals surface area contributed by atoms with E-state index in [2.05, 4.69) is 0 Å². The first kappa shape index (κ1) is 11.4. The predicted molar refractivity (Wildman–Crippen MR) is 70.4 cm³/mol. The van der Waals surface area contributed by atoms with Crippen LogP contribution in [0.5, 0.6) is 0 Å². The maximum absolute atomic E-state index is 11.8. The van der Waals surface area contributed by atoms with Gasteiger partial charge >= 0.3 is 0 Å². The normalized spacial score (nSPS) is 10.0. The lowest BCUT2D eigenvalue weighted by atomic mass is 10.1. The van der Waals surface area contributed by atoms with Crippen LogP contribution in [-0.2, 0) is 4.79 Å². The van der Waals surface area contributed by atoms with Crippen molar-refractivity contribution in [2.45, 2.75) is 13.8 Å². The van der Waals surface area contributed by atoms with E-state index in [1.54, 1.807) is 11.8 Å². The van der Waals surface area contributed by atoms with Crippen molar-refractivity contribution in [1.29, 1.82) is 0 Å². The van der Waals surface area contributed by atoms with Crippen LogP contribution in [0.25, 0.3) is 0 Å². The molecule has 0 fully saturated rings. The topological polar surface area (TPSA) is 20.3 Å². The van der Waals surface area contributed by atoms with E-state index < -0.39 is 0 Å². The van der Waals surface area contributed by atoms with Gasteiger partial charge < -0.3 is 0 Å². The molecule has 2 aromatic rings. The molecule has 0 unspecified atom stereocenters. The summed E-state index contributed by atoms with van der Waals surface area (Å²) in [5, 5.41) is 0. The second-order valence-electron chi connectivity index (χ2n) is 3.98. The van der Waals surface area contributed by atoms with Gasteiger partial charge in [-0.15, -0.1) is 0 Å². The van der Waals surface area contributed by atoms with Crippen LogP contribution in [0.3, 0.4) is 0 Å². The van der Waals surface area contributed by atoms with Crippen molar-refractivity contribution in [1.82, 2.24) is 0 Å². The van der Waals surface area contributed by atoms with Gasteiger partial charge in [0.1, 0.15) is 0 Å². The third-order valence-electron chi connectivity index (χ3n) is 2.69. The highest BCUT2D eigenvalue weighted by molar-refractivity contribution is 5.99. The summed E-state index contributed by atoms with van der Waals surface area (Å²) in [5.41, 5.74) is 2.92. The molecule has 86 valence electrons. The Labute approximate surface area is 102 Å². The molecule has 0 aromatic heterocycles. The fourth-order valence-corrected chi connectivity index (χ4v) is 1.88. The lowest BCUT2D eigenvalue weighted by molar-refractivity contribution is -0.115. The molecule has 0 heterocycles. The molecule has 0 atom stereocenters. The molecule has 0 bridgehead atoms. The first-order valence-corrected chi connectivity index (χ1v) is 5.61. The quantitative estimate of drug-likeness (QED) is 0.763. The van der Waals surface area contributed by atoms with Crippen molar-refractivity contribution in [2.75, 3.05) is 4.90 Å². The number of nitrogens with zero attached hydrogens (tertiary/aromatic N) is 1. The van der Waals surface area contributed by atoms with Crippen LogP contribution >= 0.6 is 0 Å². The molecule has 0 aliphatic rings. The van der Waals surface area contributed by atoms with E-state index >= 15 is 0 Å². The fourth-order valence-electron chi connectivity index (χ4n) is 1.88. The molecular formula is C15H15NO. The summed E-state index contributed by atoms with van der Waals surface area (Å²) in [5.74, 6) is 0.0190. The van der Waals surface area contributed by atoms with Crippen molar-refractivity contribution in [3.8, 4) is 0 Å². The van der Waals surface area contributed by atoms with Crippen LogP contribution < -0.4 is 4.90 Å².